The van der Waals surface area contributed by atoms with Crippen LogP contribution in [0.3, 0.4) is 0 Å². The third-order valence-corrected chi connectivity index (χ3v) is 7.30. The van der Waals surface area contributed by atoms with Gasteiger partial charge in [0.05, 0.1) is 11.6 Å². The number of carbonyl (C=O) groups is 3. The van der Waals surface area contributed by atoms with E-state index in [1.807, 2.05) is 49.4 Å². The molecule has 1 aliphatic heterocycles. The first-order valence-electron chi connectivity index (χ1n) is 12.7. The van der Waals surface area contributed by atoms with Gasteiger partial charge in [-0.1, -0.05) is 65.7 Å². The van der Waals surface area contributed by atoms with Crippen LogP contribution in [-0.2, 0) is 14.3 Å². The standard InChI is InChI=1S/C30H32Cl2N2O4/c1-18-8-5-6-11-22(18)23-13-12-21(32)15-26(23)34(29(37)38-30(2,3)4)28(36)25-17-33-27(35)16-24(25)19-9-7-10-20(31)14-19/h5-8,10-15,19,24-25H,9,16-17H2,1-4H3,(H,33,35)/t19-,24?,25+/m0/s1. The fraction of sp³-hybridized carbons (Fsp3) is 0.367. The predicted molar refractivity (Wildman–Crippen MR) is 151 cm³/mol. The van der Waals surface area contributed by atoms with E-state index in [9.17, 15) is 14.4 Å². The molecule has 0 radical (unpaired) electrons. The van der Waals surface area contributed by atoms with Crippen molar-refractivity contribution in [2.75, 3.05) is 11.4 Å². The number of carbonyl (C=O) groups excluding carboxylic acids is 3. The zero-order chi connectivity index (χ0) is 27.6. The number of nitrogens with one attached hydrogen (secondary N) is 1. The molecule has 1 unspecified atom stereocenters. The maximum Gasteiger partial charge on any atom is 0.421 e. The Balaban J connectivity index is 1.83. The molecule has 6 nitrogen and oxygen atoms in total. The molecule has 1 saturated heterocycles. The fourth-order valence-corrected chi connectivity index (χ4v) is 5.48. The summed E-state index contributed by atoms with van der Waals surface area (Å²) in [4.78, 5) is 41.7. The van der Waals surface area contributed by atoms with E-state index < -0.39 is 23.5 Å². The van der Waals surface area contributed by atoms with E-state index in [0.717, 1.165) is 16.0 Å². The third-order valence-electron chi connectivity index (χ3n) is 6.82. The molecule has 1 heterocycles. The van der Waals surface area contributed by atoms with Crippen LogP contribution in [-0.4, -0.2) is 30.1 Å². The lowest BCUT2D eigenvalue weighted by atomic mass is 9.74. The highest BCUT2D eigenvalue weighted by molar-refractivity contribution is 6.31. The fourth-order valence-electron chi connectivity index (χ4n) is 5.06. The normalized spacial score (nSPS) is 21.4. The molecule has 3 atom stereocenters. The van der Waals surface area contributed by atoms with Gasteiger partial charge in [-0.15, -0.1) is 0 Å². The molecule has 1 fully saturated rings. The molecule has 38 heavy (non-hydrogen) atoms. The maximum absolute atomic E-state index is 14.4. The Kier molecular flexibility index (Phi) is 8.34. The van der Waals surface area contributed by atoms with Crippen LogP contribution < -0.4 is 10.2 Å². The lowest BCUT2D eigenvalue weighted by molar-refractivity contribution is -0.131. The van der Waals surface area contributed by atoms with E-state index in [4.69, 9.17) is 27.9 Å². The SMILES string of the molecule is Cc1ccccc1-c1ccc(Cl)cc1N(C(=O)OC(C)(C)C)C(=O)[C@@H]1CNC(=O)CC1[C@@H]1C=C(Cl)C=CC1. The van der Waals surface area contributed by atoms with Crippen molar-refractivity contribution in [2.45, 2.75) is 46.1 Å². The van der Waals surface area contributed by atoms with Gasteiger partial charge >= 0.3 is 6.09 Å². The Morgan fingerprint density at radius 3 is 2.50 bits per heavy atom. The van der Waals surface area contributed by atoms with Gasteiger partial charge in [-0.2, -0.15) is 0 Å². The highest BCUT2D eigenvalue weighted by Gasteiger charge is 2.43. The lowest BCUT2D eigenvalue weighted by Crippen LogP contribution is -2.53. The number of amides is 3. The Labute approximate surface area is 233 Å². The van der Waals surface area contributed by atoms with Crippen LogP contribution >= 0.6 is 23.2 Å². The molecule has 0 aromatic heterocycles. The van der Waals surface area contributed by atoms with Gasteiger partial charge < -0.3 is 10.1 Å². The van der Waals surface area contributed by atoms with Crippen molar-refractivity contribution in [3.8, 4) is 11.1 Å². The second-order valence-electron chi connectivity index (χ2n) is 10.8. The molecule has 8 heteroatoms. The summed E-state index contributed by atoms with van der Waals surface area (Å²) in [7, 11) is 0. The van der Waals surface area contributed by atoms with Crippen LogP contribution in [0.4, 0.5) is 10.5 Å². The molecule has 0 saturated carbocycles. The summed E-state index contributed by atoms with van der Waals surface area (Å²) < 4.78 is 5.74. The van der Waals surface area contributed by atoms with Crippen molar-refractivity contribution in [3.63, 3.8) is 0 Å². The Morgan fingerprint density at radius 2 is 1.82 bits per heavy atom. The number of halogens is 2. The number of rotatable bonds is 4. The van der Waals surface area contributed by atoms with E-state index in [-0.39, 0.29) is 30.7 Å². The van der Waals surface area contributed by atoms with Crippen LogP contribution in [0.1, 0.15) is 39.2 Å². The van der Waals surface area contributed by atoms with Crippen molar-refractivity contribution in [1.29, 1.82) is 0 Å². The molecule has 0 bridgehead atoms. The maximum atomic E-state index is 14.4. The first-order valence-corrected chi connectivity index (χ1v) is 13.4. The number of allylic oxidation sites excluding steroid dienone is 4. The minimum Gasteiger partial charge on any atom is -0.443 e. The monoisotopic (exact) mass is 554 g/mol. The molecule has 2 aliphatic rings. The van der Waals surface area contributed by atoms with Crippen LogP contribution in [0.2, 0.25) is 5.02 Å². The Morgan fingerprint density at radius 1 is 1.08 bits per heavy atom. The van der Waals surface area contributed by atoms with Crippen molar-refractivity contribution >= 4 is 46.8 Å². The van der Waals surface area contributed by atoms with Gasteiger partial charge in [0.2, 0.25) is 11.8 Å². The van der Waals surface area contributed by atoms with E-state index in [0.29, 0.717) is 27.7 Å². The number of nitrogens with zero attached hydrogens (tertiary/aromatic N) is 1. The van der Waals surface area contributed by atoms with Gasteiger partial charge in [-0.3, -0.25) is 9.59 Å². The Bertz CT molecular complexity index is 1310. The minimum absolute atomic E-state index is 0.105. The number of anilines is 1. The van der Waals surface area contributed by atoms with E-state index >= 15 is 0 Å². The first kappa shape index (κ1) is 27.9. The molecule has 2 aromatic carbocycles. The molecule has 200 valence electrons. The molecule has 3 amide bonds. The van der Waals surface area contributed by atoms with Gasteiger partial charge in [-0.25, -0.2) is 9.69 Å². The lowest BCUT2D eigenvalue weighted by Gasteiger charge is -2.38. The molecule has 4 rings (SSSR count). The van der Waals surface area contributed by atoms with Crippen LogP contribution in [0.15, 0.2) is 65.7 Å². The minimum atomic E-state index is -0.846. The van der Waals surface area contributed by atoms with Crippen molar-refractivity contribution in [3.05, 3.63) is 76.3 Å². The summed E-state index contributed by atoms with van der Waals surface area (Å²) in [6.45, 7) is 7.32. The number of ether oxygens (including phenoxy) is 1. The topological polar surface area (TPSA) is 75.7 Å². The first-order chi connectivity index (χ1) is 17.9. The summed E-state index contributed by atoms with van der Waals surface area (Å²) >= 11 is 12.7. The summed E-state index contributed by atoms with van der Waals surface area (Å²) in [6, 6.07) is 12.9. The van der Waals surface area contributed by atoms with Crippen LogP contribution in [0, 0.1) is 24.7 Å². The molecular formula is C30H32Cl2N2O4. The average molecular weight is 556 g/mol. The zero-order valence-corrected chi connectivity index (χ0v) is 23.5. The molecule has 1 N–H and O–H groups in total. The molecule has 2 aromatic rings. The quantitative estimate of drug-likeness (QED) is 0.439. The molecular weight excluding hydrogens is 523 g/mol. The number of hydrogen-bond acceptors (Lipinski definition) is 4. The zero-order valence-electron chi connectivity index (χ0n) is 22.0. The smallest absolute Gasteiger partial charge is 0.421 e. The van der Waals surface area contributed by atoms with E-state index in [2.05, 4.69) is 5.32 Å². The van der Waals surface area contributed by atoms with Crippen molar-refractivity contribution < 1.29 is 19.1 Å². The summed E-state index contributed by atoms with van der Waals surface area (Å²) in [5, 5.41) is 3.76. The second kappa shape index (κ2) is 11.3. The van der Waals surface area contributed by atoms with Crippen molar-refractivity contribution in [1.82, 2.24) is 5.32 Å². The second-order valence-corrected chi connectivity index (χ2v) is 11.6. The number of hydrogen-bond donors (Lipinski definition) is 1. The summed E-state index contributed by atoms with van der Waals surface area (Å²) in [6.07, 6.45) is 5.65. The van der Waals surface area contributed by atoms with Crippen LogP contribution in [0.5, 0.6) is 0 Å². The highest BCUT2D eigenvalue weighted by atomic mass is 35.5. The van der Waals surface area contributed by atoms with E-state index in [1.165, 1.54) is 0 Å². The van der Waals surface area contributed by atoms with Crippen molar-refractivity contribution in [2.24, 2.45) is 17.8 Å². The van der Waals surface area contributed by atoms with Gasteiger partial charge in [0.1, 0.15) is 5.60 Å². The number of benzene rings is 2. The number of aryl methyl sites for hydroxylation is 1. The van der Waals surface area contributed by atoms with Gasteiger partial charge in [0.15, 0.2) is 0 Å². The summed E-state index contributed by atoms with van der Waals surface area (Å²) in [5.74, 6) is -1.74. The van der Waals surface area contributed by atoms with Gasteiger partial charge in [-0.05, 0) is 75.3 Å². The molecule has 1 aliphatic carbocycles. The Hall–Kier alpha value is -3.09. The predicted octanol–water partition coefficient (Wildman–Crippen LogP) is 7.03. The highest BCUT2D eigenvalue weighted by Crippen LogP contribution is 2.40. The number of piperidine rings is 1. The summed E-state index contributed by atoms with van der Waals surface area (Å²) in [5.41, 5.74) is 2.00. The average Bonchev–Trinajstić information content (AvgIpc) is 2.84. The largest absolute Gasteiger partial charge is 0.443 e. The van der Waals surface area contributed by atoms with E-state index in [1.54, 1.807) is 39.0 Å². The molecule has 0 spiro atoms. The number of imide groups is 1. The van der Waals surface area contributed by atoms with Gasteiger partial charge in [0.25, 0.3) is 0 Å². The van der Waals surface area contributed by atoms with Gasteiger partial charge in [0, 0.05) is 28.6 Å². The third kappa shape index (κ3) is 6.30. The van der Waals surface area contributed by atoms with Crippen LogP contribution in [0.25, 0.3) is 11.1 Å².